The molecule has 0 atom stereocenters. The molecule has 18 heavy (non-hydrogen) atoms. The lowest BCUT2D eigenvalue weighted by molar-refractivity contribution is -0.00931. The second kappa shape index (κ2) is 3.95. The molecule has 0 unspecified atom stereocenters. The molecule has 0 radical (unpaired) electrons. The highest BCUT2D eigenvalue weighted by molar-refractivity contribution is 5.92. The van der Waals surface area contributed by atoms with E-state index in [1.807, 2.05) is 6.07 Å². The SMILES string of the molecule is CNC(=O)c1cc(N2CC(O)(C3CC3)C2)ccn1. The van der Waals surface area contributed by atoms with Crippen LogP contribution in [0.25, 0.3) is 0 Å². The van der Waals surface area contributed by atoms with Gasteiger partial charge in [-0.3, -0.25) is 9.78 Å². The molecule has 2 fully saturated rings. The maximum atomic E-state index is 11.5. The van der Waals surface area contributed by atoms with Gasteiger partial charge in [-0.1, -0.05) is 0 Å². The van der Waals surface area contributed by atoms with Gasteiger partial charge in [-0.2, -0.15) is 0 Å². The number of anilines is 1. The van der Waals surface area contributed by atoms with Gasteiger partial charge in [0, 0.05) is 32.0 Å². The van der Waals surface area contributed by atoms with Gasteiger partial charge in [-0.15, -0.1) is 0 Å². The van der Waals surface area contributed by atoms with Gasteiger partial charge in [0.15, 0.2) is 0 Å². The molecule has 2 N–H and O–H groups in total. The minimum Gasteiger partial charge on any atom is -0.386 e. The van der Waals surface area contributed by atoms with Crippen LogP contribution >= 0.6 is 0 Å². The number of rotatable bonds is 3. The molecule has 1 amide bonds. The summed E-state index contributed by atoms with van der Waals surface area (Å²) in [6.45, 7) is 1.32. The molecule has 1 aliphatic carbocycles. The lowest BCUT2D eigenvalue weighted by Gasteiger charge is -2.48. The smallest absolute Gasteiger partial charge is 0.269 e. The van der Waals surface area contributed by atoms with E-state index in [0.717, 1.165) is 18.5 Å². The van der Waals surface area contributed by atoms with Crippen LogP contribution in [0.15, 0.2) is 18.3 Å². The summed E-state index contributed by atoms with van der Waals surface area (Å²) in [6.07, 6.45) is 3.92. The second-order valence-corrected chi connectivity index (χ2v) is 5.21. The van der Waals surface area contributed by atoms with Crippen LogP contribution in [-0.2, 0) is 0 Å². The first-order valence-electron chi connectivity index (χ1n) is 6.28. The van der Waals surface area contributed by atoms with Crippen molar-refractivity contribution < 1.29 is 9.90 Å². The van der Waals surface area contributed by atoms with E-state index >= 15 is 0 Å². The van der Waals surface area contributed by atoms with Gasteiger partial charge < -0.3 is 15.3 Å². The molecule has 1 aromatic heterocycles. The number of amides is 1. The molecule has 1 saturated carbocycles. The van der Waals surface area contributed by atoms with E-state index in [4.69, 9.17) is 0 Å². The van der Waals surface area contributed by atoms with E-state index in [1.54, 1.807) is 19.3 Å². The van der Waals surface area contributed by atoms with Crippen molar-refractivity contribution in [2.45, 2.75) is 18.4 Å². The normalized spacial score (nSPS) is 21.3. The van der Waals surface area contributed by atoms with Gasteiger partial charge in [0.1, 0.15) is 11.3 Å². The predicted octanol–water partition coefficient (Wildman–Crippen LogP) is 0.402. The average Bonchev–Trinajstić information content (AvgIpc) is 3.18. The third kappa shape index (κ3) is 1.84. The van der Waals surface area contributed by atoms with E-state index in [2.05, 4.69) is 15.2 Å². The number of carbonyl (C=O) groups excluding carboxylic acids is 1. The zero-order valence-electron chi connectivity index (χ0n) is 10.4. The maximum Gasteiger partial charge on any atom is 0.269 e. The van der Waals surface area contributed by atoms with Crippen molar-refractivity contribution in [1.29, 1.82) is 0 Å². The van der Waals surface area contributed by atoms with Gasteiger partial charge in [0.2, 0.25) is 0 Å². The Morgan fingerprint density at radius 2 is 2.28 bits per heavy atom. The summed E-state index contributed by atoms with van der Waals surface area (Å²) in [4.78, 5) is 17.6. The van der Waals surface area contributed by atoms with Gasteiger partial charge >= 0.3 is 0 Å². The van der Waals surface area contributed by atoms with Crippen molar-refractivity contribution in [3.05, 3.63) is 24.0 Å². The Morgan fingerprint density at radius 1 is 1.56 bits per heavy atom. The first kappa shape index (κ1) is 11.5. The molecule has 5 nitrogen and oxygen atoms in total. The zero-order chi connectivity index (χ0) is 12.8. The van der Waals surface area contributed by atoms with Crippen LogP contribution in [0.3, 0.4) is 0 Å². The minimum absolute atomic E-state index is 0.185. The van der Waals surface area contributed by atoms with Crippen LogP contribution in [0, 0.1) is 5.92 Å². The second-order valence-electron chi connectivity index (χ2n) is 5.21. The van der Waals surface area contributed by atoms with Crippen molar-refractivity contribution in [1.82, 2.24) is 10.3 Å². The standard InChI is InChI=1S/C13H17N3O2/c1-14-12(17)11-6-10(4-5-15-11)16-7-13(18,8-16)9-2-3-9/h4-6,9,18H,2-3,7-8H2,1H3,(H,14,17). The fraction of sp³-hybridized carbons (Fsp3) is 0.538. The number of β-amino-alcohol motifs (C(OH)–C–C–N with tert-alkyl or cyclic N) is 1. The Kier molecular flexibility index (Phi) is 2.52. The molecule has 5 heteroatoms. The molecule has 1 aromatic rings. The fourth-order valence-electron chi connectivity index (χ4n) is 2.54. The van der Waals surface area contributed by atoms with Crippen LogP contribution in [0.1, 0.15) is 23.3 Å². The number of pyridine rings is 1. The molecular weight excluding hydrogens is 230 g/mol. The van der Waals surface area contributed by atoms with Crippen LogP contribution in [0.2, 0.25) is 0 Å². The van der Waals surface area contributed by atoms with Gasteiger partial charge in [0.05, 0.1) is 0 Å². The molecule has 1 saturated heterocycles. The van der Waals surface area contributed by atoms with Crippen LogP contribution in [0.4, 0.5) is 5.69 Å². The highest BCUT2D eigenvalue weighted by Gasteiger charge is 2.51. The van der Waals surface area contributed by atoms with Crippen molar-refractivity contribution in [3.8, 4) is 0 Å². The first-order chi connectivity index (χ1) is 8.62. The quantitative estimate of drug-likeness (QED) is 0.811. The van der Waals surface area contributed by atoms with E-state index in [0.29, 0.717) is 24.7 Å². The number of carbonyl (C=O) groups is 1. The van der Waals surface area contributed by atoms with E-state index in [-0.39, 0.29) is 5.91 Å². The monoisotopic (exact) mass is 247 g/mol. The summed E-state index contributed by atoms with van der Waals surface area (Å²) in [7, 11) is 1.59. The largest absolute Gasteiger partial charge is 0.386 e. The molecule has 0 aromatic carbocycles. The molecule has 96 valence electrons. The summed E-state index contributed by atoms with van der Waals surface area (Å²) in [6, 6.07) is 3.64. The van der Waals surface area contributed by atoms with Crippen molar-refractivity contribution >= 4 is 11.6 Å². The molecule has 2 heterocycles. The highest BCUT2D eigenvalue weighted by Crippen LogP contribution is 2.45. The Bertz CT molecular complexity index is 479. The van der Waals surface area contributed by atoms with Gasteiger partial charge in [0.25, 0.3) is 5.91 Å². The van der Waals surface area contributed by atoms with E-state index in [1.165, 1.54) is 0 Å². The third-order valence-corrected chi connectivity index (χ3v) is 3.83. The number of nitrogens with one attached hydrogen (secondary N) is 1. The van der Waals surface area contributed by atoms with Crippen molar-refractivity contribution in [2.75, 3.05) is 25.0 Å². The van der Waals surface area contributed by atoms with Crippen LogP contribution < -0.4 is 10.2 Å². The summed E-state index contributed by atoms with van der Waals surface area (Å²) < 4.78 is 0. The first-order valence-corrected chi connectivity index (χ1v) is 6.28. The van der Waals surface area contributed by atoms with E-state index < -0.39 is 5.60 Å². The fourth-order valence-corrected chi connectivity index (χ4v) is 2.54. The van der Waals surface area contributed by atoms with E-state index in [9.17, 15) is 9.90 Å². The molecule has 2 aliphatic rings. The van der Waals surface area contributed by atoms with Crippen LogP contribution in [0.5, 0.6) is 0 Å². The third-order valence-electron chi connectivity index (χ3n) is 3.83. The Labute approximate surface area is 106 Å². The zero-order valence-corrected chi connectivity index (χ0v) is 10.4. The number of hydrogen-bond donors (Lipinski definition) is 2. The summed E-state index contributed by atoms with van der Waals surface area (Å²) in [5.74, 6) is 0.295. The van der Waals surface area contributed by atoms with Crippen molar-refractivity contribution in [2.24, 2.45) is 5.92 Å². The van der Waals surface area contributed by atoms with Crippen LogP contribution in [-0.4, -0.2) is 41.7 Å². The Morgan fingerprint density at radius 3 is 2.89 bits per heavy atom. The molecule has 1 aliphatic heterocycles. The minimum atomic E-state index is -0.504. The van der Waals surface area contributed by atoms with Gasteiger partial charge in [-0.05, 0) is 30.9 Å². The molecule has 0 spiro atoms. The predicted molar refractivity (Wildman–Crippen MR) is 67.5 cm³/mol. The Balaban J connectivity index is 1.72. The molecule has 0 bridgehead atoms. The summed E-state index contributed by atoms with van der Waals surface area (Å²) in [5.41, 5.74) is 0.863. The molecular formula is C13H17N3O2. The lowest BCUT2D eigenvalue weighted by Crippen LogP contribution is -2.63. The number of hydrogen-bond acceptors (Lipinski definition) is 4. The number of aliphatic hydroxyl groups is 1. The van der Waals surface area contributed by atoms with Crippen molar-refractivity contribution in [3.63, 3.8) is 0 Å². The highest BCUT2D eigenvalue weighted by atomic mass is 16.3. The topological polar surface area (TPSA) is 65.5 Å². The number of aromatic nitrogens is 1. The number of nitrogens with zero attached hydrogens (tertiary/aromatic N) is 2. The lowest BCUT2D eigenvalue weighted by atomic mass is 9.88. The summed E-state index contributed by atoms with van der Waals surface area (Å²) in [5, 5.41) is 12.8. The maximum absolute atomic E-state index is 11.5. The Hall–Kier alpha value is -1.62. The summed E-state index contributed by atoms with van der Waals surface area (Å²) >= 11 is 0. The average molecular weight is 247 g/mol. The molecule has 3 rings (SSSR count). The van der Waals surface area contributed by atoms with Gasteiger partial charge in [-0.25, -0.2) is 0 Å².